The van der Waals surface area contributed by atoms with Gasteiger partial charge < -0.3 is 36.4 Å². The molecule has 72 heavy (non-hydrogen) atoms. The number of epoxide rings is 1. The van der Waals surface area contributed by atoms with Gasteiger partial charge in [-0.05, 0) is 202 Å². The Morgan fingerprint density at radius 1 is 0.847 bits per heavy atom. The third-order valence-electron chi connectivity index (χ3n) is 23.9. The number of aliphatic hydroxyl groups excluding tert-OH is 1. The zero-order valence-corrected chi connectivity index (χ0v) is 44.7. The minimum absolute atomic E-state index is 0.0134. The smallest absolute Gasteiger partial charge is 0.160 e. The zero-order valence-electron chi connectivity index (χ0n) is 44.7. The Morgan fingerprint density at radius 3 is 2.40 bits per heavy atom. The number of aliphatic hydroxyl groups is 2. The summed E-state index contributed by atoms with van der Waals surface area (Å²) in [6, 6.07) is 14.3. The summed E-state index contributed by atoms with van der Waals surface area (Å²) in [5, 5.41) is 43.7. The first-order valence-corrected chi connectivity index (χ1v) is 29.3. The number of phenolic OH excluding ortho intramolecular Hbond substituents is 1. The maximum atomic E-state index is 15.9. The molecule has 19 atom stereocenters. The van der Waals surface area contributed by atoms with Crippen LogP contribution in [0.3, 0.4) is 0 Å². The lowest BCUT2D eigenvalue weighted by Gasteiger charge is -2.72. The molecule has 2 heterocycles. The summed E-state index contributed by atoms with van der Waals surface area (Å²) in [6.07, 6.45) is 18.8. The Kier molecular flexibility index (Phi) is 12.3. The number of hydrogen-bond donors (Lipinski definition) is 6. The monoisotopic (exact) mass is 984 g/mol. The van der Waals surface area contributed by atoms with Crippen LogP contribution >= 0.6 is 0 Å². The summed E-state index contributed by atoms with van der Waals surface area (Å²) in [6.45, 7) is 12.8. The van der Waals surface area contributed by atoms with Crippen LogP contribution in [0, 0.1) is 69.0 Å². The lowest BCUT2D eigenvalue weighted by atomic mass is 9.32. The van der Waals surface area contributed by atoms with Crippen LogP contribution in [0.1, 0.15) is 192 Å². The number of nitrogens with two attached hydrogens (primary N) is 1. The highest BCUT2D eigenvalue weighted by Gasteiger charge is 2.74. The van der Waals surface area contributed by atoms with E-state index < -0.39 is 22.7 Å². The van der Waals surface area contributed by atoms with Crippen molar-refractivity contribution in [1.29, 1.82) is 0 Å². The number of fused-ring (bicyclic) bond motifs is 2. The molecule has 4 bridgehead atoms. The van der Waals surface area contributed by atoms with E-state index in [0.29, 0.717) is 73.5 Å². The Morgan fingerprint density at radius 2 is 1.61 bits per heavy atom. The number of carbonyl (C=O) groups excluding carboxylic acids is 2. The van der Waals surface area contributed by atoms with Gasteiger partial charge in [0.05, 0.1) is 17.3 Å². The molecule has 1 spiro atoms. The molecule has 0 radical (unpaired) electrons. The summed E-state index contributed by atoms with van der Waals surface area (Å²) in [5.74, 6) is 3.05. The van der Waals surface area contributed by atoms with Crippen LogP contribution < -0.4 is 16.4 Å². The van der Waals surface area contributed by atoms with E-state index in [1.165, 1.54) is 30.4 Å². The van der Waals surface area contributed by atoms with Crippen LogP contribution in [-0.2, 0) is 20.9 Å². The van der Waals surface area contributed by atoms with Crippen molar-refractivity contribution in [1.82, 2.24) is 10.6 Å². The molecule has 6 saturated carbocycles. The highest BCUT2D eigenvalue weighted by atomic mass is 16.6. The molecule has 8 aliphatic carbocycles. The first-order valence-electron chi connectivity index (χ1n) is 29.3. The molecule has 8 fully saturated rings. The third-order valence-corrected chi connectivity index (χ3v) is 23.9. The largest absolute Gasteiger partial charge is 0.508 e. The van der Waals surface area contributed by atoms with Crippen molar-refractivity contribution in [3.63, 3.8) is 0 Å². The number of ether oxygens (including phenoxy) is 1. The van der Waals surface area contributed by atoms with Gasteiger partial charge in [-0.2, -0.15) is 0 Å². The molecule has 2 saturated heterocycles. The second-order valence-corrected chi connectivity index (χ2v) is 27.7. The van der Waals surface area contributed by atoms with Crippen LogP contribution in [-0.4, -0.2) is 69.9 Å². The lowest BCUT2D eigenvalue weighted by Crippen LogP contribution is -2.71. The number of allylic oxidation sites excluding steroid dienone is 2. The first kappa shape index (κ1) is 49.8. The van der Waals surface area contributed by atoms with E-state index >= 15 is 9.59 Å². The fourth-order valence-corrected chi connectivity index (χ4v) is 21.2. The number of phenols is 1. The molecule has 392 valence electrons. The summed E-state index contributed by atoms with van der Waals surface area (Å²) in [4.78, 5) is 31.6. The second-order valence-electron chi connectivity index (χ2n) is 27.7. The van der Waals surface area contributed by atoms with E-state index in [1.54, 1.807) is 0 Å². The Hall–Kier alpha value is -3.08. The molecule has 0 aromatic heterocycles. The minimum Gasteiger partial charge on any atom is -0.508 e. The van der Waals surface area contributed by atoms with E-state index in [4.69, 9.17) is 10.5 Å². The average molecular weight is 984 g/mol. The van der Waals surface area contributed by atoms with E-state index in [2.05, 4.69) is 62.6 Å². The maximum Gasteiger partial charge on any atom is 0.160 e. The molecule has 12 rings (SSSR count). The minimum atomic E-state index is -0.863. The van der Waals surface area contributed by atoms with Crippen LogP contribution in [0.4, 0.5) is 5.69 Å². The molecule has 0 amide bonds. The summed E-state index contributed by atoms with van der Waals surface area (Å²) in [5.41, 5.74) is 10.2. The molecule has 10 aliphatic rings. The van der Waals surface area contributed by atoms with Crippen molar-refractivity contribution in [2.45, 2.75) is 211 Å². The van der Waals surface area contributed by atoms with Crippen molar-refractivity contribution < 1.29 is 29.6 Å². The SMILES string of the molecule is CNCc1cc(O)cc(C2CC3(C)C4C(CC56CCCC7CCCC8CCC(C(O)C9OC9(C)C9CCCC9c9cccc(N)c9)C(C9=C(CCC35)C6(C)CC9=O)C78)NCC(C)(O)CCCCC4(C)C2=O)c1. The number of β-amino-alcohol motifs (C(OH)–C–C–N with tert-alkyl or cyclic N) is 1. The average Bonchev–Trinajstić information content (AvgIpc) is 3.63. The van der Waals surface area contributed by atoms with Gasteiger partial charge in [0, 0.05) is 48.0 Å². The number of hydrogen-bond acceptors (Lipinski definition) is 9. The van der Waals surface area contributed by atoms with Gasteiger partial charge in [0.1, 0.15) is 17.6 Å². The molecular formula is C63H89N3O6. The Bertz CT molecular complexity index is 2500. The first-order chi connectivity index (χ1) is 34.4. The molecule has 2 aromatic carbocycles. The molecule has 2 aromatic rings. The van der Waals surface area contributed by atoms with E-state index in [0.717, 1.165) is 112 Å². The number of ketones is 2. The predicted molar refractivity (Wildman–Crippen MR) is 283 cm³/mol. The van der Waals surface area contributed by atoms with Crippen LogP contribution in [0.25, 0.3) is 0 Å². The predicted octanol–water partition coefficient (Wildman–Crippen LogP) is 11.1. The normalized spacial score (nSPS) is 47.2. The van der Waals surface area contributed by atoms with Gasteiger partial charge in [0.25, 0.3) is 0 Å². The van der Waals surface area contributed by atoms with Gasteiger partial charge in [0.15, 0.2) is 5.78 Å². The van der Waals surface area contributed by atoms with Gasteiger partial charge >= 0.3 is 0 Å². The molecule has 19 unspecified atom stereocenters. The fraction of sp³-hybridized carbons (Fsp3) is 0.746. The van der Waals surface area contributed by atoms with Crippen LogP contribution in [0.15, 0.2) is 53.6 Å². The maximum absolute atomic E-state index is 15.9. The molecular weight excluding hydrogens is 895 g/mol. The number of nitrogen functional groups attached to an aromatic ring is 1. The molecule has 7 N–H and O–H groups in total. The fourth-order valence-electron chi connectivity index (χ4n) is 21.2. The van der Waals surface area contributed by atoms with Gasteiger partial charge in [-0.15, -0.1) is 0 Å². The quantitative estimate of drug-likeness (QED) is 0.117. The van der Waals surface area contributed by atoms with Crippen molar-refractivity contribution in [3.05, 3.63) is 70.3 Å². The molecule has 9 nitrogen and oxygen atoms in total. The Labute approximate surface area is 431 Å². The van der Waals surface area contributed by atoms with Gasteiger partial charge in [-0.25, -0.2) is 0 Å². The van der Waals surface area contributed by atoms with Gasteiger partial charge in [-0.1, -0.05) is 95.9 Å². The summed E-state index contributed by atoms with van der Waals surface area (Å²) >= 11 is 0. The number of aromatic hydroxyl groups is 1. The Balaban J connectivity index is 0.966. The molecule has 9 heteroatoms. The highest BCUT2D eigenvalue weighted by molar-refractivity contribution is 6.01. The van der Waals surface area contributed by atoms with Crippen molar-refractivity contribution in [3.8, 4) is 5.75 Å². The van der Waals surface area contributed by atoms with Crippen LogP contribution in [0.5, 0.6) is 5.75 Å². The highest BCUT2D eigenvalue weighted by Crippen LogP contribution is 2.78. The van der Waals surface area contributed by atoms with E-state index in [1.807, 2.05) is 32.2 Å². The lowest BCUT2D eigenvalue weighted by molar-refractivity contribution is -0.207. The number of anilines is 1. The number of nitrogens with one attached hydrogen (secondary N) is 2. The summed E-state index contributed by atoms with van der Waals surface area (Å²) < 4.78 is 6.92. The van der Waals surface area contributed by atoms with Crippen molar-refractivity contribution in [2.24, 2.45) is 69.0 Å². The zero-order chi connectivity index (χ0) is 50.3. The molecule has 2 aliphatic heterocycles. The summed E-state index contributed by atoms with van der Waals surface area (Å²) in [7, 11) is 1.93. The van der Waals surface area contributed by atoms with E-state index in [9.17, 15) is 15.3 Å². The number of benzene rings is 2. The van der Waals surface area contributed by atoms with E-state index in [-0.39, 0.29) is 63.7 Å². The second kappa shape index (κ2) is 17.7. The third kappa shape index (κ3) is 7.50. The van der Waals surface area contributed by atoms with Gasteiger partial charge in [0.2, 0.25) is 0 Å². The topological polar surface area (TPSA) is 157 Å². The number of carbonyl (C=O) groups is 2. The van der Waals surface area contributed by atoms with Gasteiger partial charge in [-0.3, -0.25) is 9.59 Å². The number of rotatable bonds is 7. The van der Waals surface area contributed by atoms with Crippen LogP contribution in [0.2, 0.25) is 0 Å². The van der Waals surface area contributed by atoms with Crippen molar-refractivity contribution >= 4 is 17.3 Å². The standard InChI is InChI=1S/C63H89N3O6/c1-58(71)24-7-8-25-59(2)55-48(66-35-58)32-63-26-12-16-37-13-9-14-38-20-21-44(54(69)57-62(5,72-57)46-19-11-18-43(46)39-15-10-17-41(64)29-39)52(51(37)38)53-47(61(63,4)33-49(53)68)22-23-50(63)60(55,3)31-45(56(59)70)40-27-36(34-65-6)28-42(67)30-40/h10,15,17,27-30,37-38,43-46,48,50-52,54-55,57,65-67,69,71H,7-9,11-14,16,18-26,31-35,64H2,1-6H3. The number of Topliss-reactive ketones (excluding diaryl/α,β-unsaturated/α-hetero) is 2. The van der Waals surface area contributed by atoms with Crippen molar-refractivity contribution in [2.75, 3.05) is 19.3 Å².